The molecule has 4 rings (SSSR count). The molecule has 1 heterocycles. The molecule has 30 heavy (non-hydrogen) atoms. The second kappa shape index (κ2) is 9.60. The molecular formula is C22H29ClN4O2S. The summed E-state index contributed by atoms with van der Waals surface area (Å²) < 4.78 is 8.28. The molecule has 2 saturated carbocycles. The molecule has 1 unspecified atom stereocenters. The van der Waals surface area contributed by atoms with E-state index < -0.39 is 0 Å². The predicted octanol–water partition coefficient (Wildman–Crippen LogP) is 5.08. The van der Waals surface area contributed by atoms with Crippen molar-refractivity contribution in [1.29, 1.82) is 0 Å². The van der Waals surface area contributed by atoms with Gasteiger partial charge in [0.2, 0.25) is 5.91 Å². The first kappa shape index (κ1) is 21.5. The van der Waals surface area contributed by atoms with Crippen LogP contribution in [0.15, 0.2) is 23.4 Å². The van der Waals surface area contributed by atoms with Crippen LogP contribution < -0.4 is 10.1 Å². The molecule has 6 nitrogen and oxygen atoms in total. The van der Waals surface area contributed by atoms with Gasteiger partial charge in [-0.25, -0.2) is 0 Å². The number of amides is 1. The number of hydrogen-bond acceptors (Lipinski definition) is 5. The predicted molar refractivity (Wildman–Crippen MR) is 119 cm³/mol. The van der Waals surface area contributed by atoms with E-state index >= 15 is 0 Å². The molecule has 2 fully saturated rings. The van der Waals surface area contributed by atoms with Crippen LogP contribution in [0.5, 0.6) is 5.75 Å². The summed E-state index contributed by atoms with van der Waals surface area (Å²) in [6, 6.07) is 6.34. The first-order valence-electron chi connectivity index (χ1n) is 10.8. The highest BCUT2D eigenvalue weighted by atomic mass is 35.5. The number of nitrogens with zero attached hydrogens (tertiary/aromatic N) is 3. The molecule has 0 aliphatic heterocycles. The number of hydrogen-bond donors (Lipinski definition) is 1. The van der Waals surface area contributed by atoms with Crippen molar-refractivity contribution in [3.63, 3.8) is 0 Å². The lowest BCUT2D eigenvalue weighted by Gasteiger charge is -2.26. The number of aromatic nitrogens is 3. The van der Waals surface area contributed by atoms with Crippen molar-refractivity contribution in [2.75, 3.05) is 0 Å². The summed E-state index contributed by atoms with van der Waals surface area (Å²) in [5, 5.41) is 13.3. The Morgan fingerprint density at radius 3 is 2.73 bits per heavy atom. The Hall–Kier alpha value is -1.73. The number of ether oxygens (including phenoxy) is 1. The first-order chi connectivity index (χ1) is 14.5. The maximum Gasteiger partial charge on any atom is 0.233 e. The monoisotopic (exact) mass is 448 g/mol. The SMILES string of the molecule is Cc1cc(Cl)ccc1OCc1nnc(SC(C)C(=O)NC2CC2)n1C1CCCCC1. The summed E-state index contributed by atoms with van der Waals surface area (Å²) in [6.45, 7) is 4.26. The summed E-state index contributed by atoms with van der Waals surface area (Å²) in [6.07, 6.45) is 8.10. The summed E-state index contributed by atoms with van der Waals surface area (Å²) in [4.78, 5) is 12.4. The molecule has 0 bridgehead atoms. The highest BCUT2D eigenvalue weighted by Crippen LogP contribution is 2.34. The molecule has 8 heteroatoms. The van der Waals surface area contributed by atoms with Crippen LogP contribution in [0.4, 0.5) is 0 Å². The van der Waals surface area contributed by atoms with Crippen LogP contribution in [-0.2, 0) is 11.4 Å². The van der Waals surface area contributed by atoms with Crippen LogP contribution in [-0.4, -0.2) is 32.0 Å². The first-order valence-corrected chi connectivity index (χ1v) is 12.1. The third kappa shape index (κ3) is 5.30. The van der Waals surface area contributed by atoms with E-state index in [9.17, 15) is 4.79 Å². The Labute approximate surface area is 187 Å². The van der Waals surface area contributed by atoms with E-state index in [1.165, 1.54) is 31.0 Å². The molecule has 1 amide bonds. The number of halogens is 1. The largest absolute Gasteiger partial charge is 0.485 e. The summed E-state index contributed by atoms with van der Waals surface area (Å²) in [5.74, 6) is 1.69. The standard InChI is InChI=1S/C22H29ClN4O2S/c1-14-12-16(23)8-11-19(14)29-13-20-25-26-22(27(20)18-6-4-3-5-7-18)30-15(2)21(28)24-17-9-10-17/h8,11-12,15,17-18H,3-7,9-10,13H2,1-2H3,(H,24,28). The van der Waals surface area contributed by atoms with Gasteiger partial charge in [0.25, 0.3) is 0 Å². The lowest BCUT2D eigenvalue weighted by molar-refractivity contribution is -0.120. The lowest BCUT2D eigenvalue weighted by Crippen LogP contribution is -2.32. The maximum atomic E-state index is 12.4. The lowest BCUT2D eigenvalue weighted by atomic mass is 9.95. The van der Waals surface area contributed by atoms with Gasteiger partial charge in [0.15, 0.2) is 11.0 Å². The second-order valence-corrected chi connectivity index (χ2v) is 10.0. The smallest absolute Gasteiger partial charge is 0.233 e. The molecule has 0 saturated heterocycles. The van der Waals surface area contributed by atoms with Gasteiger partial charge in [-0.3, -0.25) is 9.36 Å². The Balaban J connectivity index is 1.51. The third-order valence-electron chi connectivity index (χ3n) is 5.74. The van der Waals surface area contributed by atoms with E-state index in [1.54, 1.807) is 0 Å². The molecule has 1 N–H and O–H groups in total. The average Bonchev–Trinajstić information content (AvgIpc) is 3.46. The van der Waals surface area contributed by atoms with Gasteiger partial charge in [0.1, 0.15) is 12.4 Å². The third-order valence-corrected chi connectivity index (χ3v) is 7.04. The maximum absolute atomic E-state index is 12.4. The zero-order valence-electron chi connectivity index (χ0n) is 17.6. The molecule has 162 valence electrons. The summed E-state index contributed by atoms with van der Waals surface area (Å²) >= 11 is 7.55. The molecule has 0 radical (unpaired) electrons. The Kier molecular flexibility index (Phi) is 6.88. The minimum atomic E-state index is -0.204. The van der Waals surface area contributed by atoms with Gasteiger partial charge in [0.05, 0.1) is 5.25 Å². The van der Waals surface area contributed by atoms with Crippen molar-refractivity contribution >= 4 is 29.3 Å². The number of aryl methyl sites for hydroxylation is 1. The van der Waals surface area contributed by atoms with Gasteiger partial charge in [-0.05, 0) is 63.3 Å². The highest BCUT2D eigenvalue weighted by Gasteiger charge is 2.29. The topological polar surface area (TPSA) is 69.0 Å². The van der Waals surface area contributed by atoms with Crippen molar-refractivity contribution in [3.05, 3.63) is 34.6 Å². The van der Waals surface area contributed by atoms with Crippen molar-refractivity contribution in [2.45, 2.75) is 87.9 Å². The van der Waals surface area contributed by atoms with Crippen molar-refractivity contribution in [1.82, 2.24) is 20.1 Å². The Morgan fingerprint density at radius 1 is 1.27 bits per heavy atom. The fourth-order valence-corrected chi connectivity index (χ4v) is 5.04. The van der Waals surface area contributed by atoms with Crippen molar-refractivity contribution in [3.8, 4) is 5.75 Å². The van der Waals surface area contributed by atoms with E-state index in [2.05, 4.69) is 20.1 Å². The molecule has 1 aromatic carbocycles. The molecule has 2 aromatic rings. The fraction of sp³-hybridized carbons (Fsp3) is 0.591. The zero-order valence-corrected chi connectivity index (χ0v) is 19.1. The average molecular weight is 449 g/mol. The molecule has 2 aliphatic rings. The van der Waals surface area contributed by atoms with Crippen LogP contribution in [0.1, 0.15) is 69.3 Å². The van der Waals surface area contributed by atoms with Gasteiger partial charge < -0.3 is 10.1 Å². The second-order valence-electron chi connectivity index (χ2n) is 8.30. The van der Waals surface area contributed by atoms with Crippen molar-refractivity contribution in [2.24, 2.45) is 0 Å². The number of nitrogens with one attached hydrogen (secondary N) is 1. The van der Waals surface area contributed by atoms with Gasteiger partial charge in [-0.15, -0.1) is 10.2 Å². The minimum absolute atomic E-state index is 0.0790. The quantitative estimate of drug-likeness (QED) is 0.570. The molecular weight excluding hydrogens is 420 g/mol. The minimum Gasteiger partial charge on any atom is -0.485 e. The van der Waals surface area contributed by atoms with E-state index in [0.717, 1.165) is 48.0 Å². The number of thioether (sulfide) groups is 1. The molecule has 0 spiro atoms. The van der Waals surface area contributed by atoms with Gasteiger partial charge >= 0.3 is 0 Å². The Morgan fingerprint density at radius 2 is 2.03 bits per heavy atom. The molecule has 1 atom stereocenters. The van der Waals surface area contributed by atoms with Crippen LogP contribution in [0, 0.1) is 6.92 Å². The fourth-order valence-electron chi connectivity index (χ4n) is 3.87. The number of rotatable bonds is 8. The van der Waals surface area contributed by atoms with Gasteiger partial charge in [-0.1, -0.05) is 42.6 Å². The Bertz CT molecular complexity index is 893. The van der Waals surface area contributed by atoms with Crippen LogP contribution in [0.2, 0.25) is 5.02 Å². The van der Waals surface area contributed by atoms with Crippen LogP contribution in [0.3, 0.4) is 0 Å². The van der Waals surface area contributed by atoms with Gasteiger partial charge in [0, 0.05) is 17.1 Å². The zero-order chi connectivity index (χ0) is 21.1. The summed E-state index contributed by atoms with van der Waals surface area (Å²) in [5.41, 5.74) is 0.992. The number of carbonyl (C=O) groups is 1. The van der Waals surface area contributed by atoms with E-state index in [0.29, 0.717) is 23.7 Å². The number of benzene rings is 1. The molecule has 1 aromatic heterocycles. The van der Waals surface area contributed by atoms with E-state index in [-0.39, 0.29) is 11.2 Å². The highest BCUT2D eigenvalue weighted by molar-refractivity contribution is 8.00. The van der Waals surface area contributed by atoms with Crippen LogP contribution >= 0.6 is 23.4 Å². The van der Waals surface area contributed by atoms with Crippen LogP contribution in [0.25, 0.3) is 0 Å². The van der Waals surface area contributed by atoms with E-state index in [4.69, 9.17) is 16.3 Å². The normalized spacial score (nSPS) is 18.2. The van der Waals surface area contributed by atoms with E-state index in [1.807, 2.05) is 32.0 Å². The number of carbonyl (C=O) groups excluding carboxylic acids is 1. The van der Waals surface area contributed by atoms with Crippen molar-refractivity contribution < 1.29 is 9.53 Å². The van der Waals surface area contributed by atoms with Gasteiger partial charge in [-0.2, -0.15) is 0 Å². The molecule has 2 aliphatic carbocycles. The summed E-state index contributed by atoms with van der Waals surface area (Å²) in [7, 11) is 0.